The Morgan fingerprint density at radius 1 is 0.896 bits per heavy atom. The molecule has 6 aromatic rings. The van der Waals surface area contributed by atoms with Crippen LogP contribution in [0.2, 0.25) is 0 Å². The molecule has 1 saturated heterocycles. The zero-order chi connectivity index (χ0) is 33.2. The number of aryl methyl sites for hydroxylation is 1. The van der Waals surface area contributed by atoms with E-state index in [1.807, 2.05) is 36.4 Å². The monoisotopic (exact) mass is 658 g/mol. The van der Waals surface area contributed by atoms with Gasteiger partial charge in [0.25, 0.3) is 17.5 Å². The zero-order valence-electron chi connectivity index (χ0n) is 25.6. The summed E-state index contributed by atoms with van der Waals surface area (Å²) in [6.45, 7) is 0.0233. The summed E-state index contributed by atoms with van der Waals surface area (Å²) in [6, 6.07) is 31.3. The van der Waals surface area contributed by atoms with E-state index in [2.05, 4.69) is 20.9 Å². The van der Waals surface area contributed by atoms with Crippen molar-refractivity contribution in [1.82, 2.24) is 15.2 Å². The molecule has 0 spiro atoms. The fourth-order valence-electron chi connectivity index (χ4n) is 5.45. The molecule has 0 saturated carbocycles. The molecule has 1 atom stereocenters. The number of benzene rings is 4. The molecule has 7 rings (SSSR count). The summed E-state index contributed by atoms with van der Waals surface area (Å²) in [5.74, 6) is -0.573. The molecule has 0 radical (unpaired) electrons. The van der Waals surface area contributed by atoms with Crippen LogP contribution >= 0.6 is 12.2 Å². The fourth-order valence-corrected chi connectivity index (χ4v) is 5.84. The van der Waals surface area contributed by atoms with Crippen LogP contribution in [0.1, 0.15) is 22.5 Å². The van der Waals surface area contributed by atoms with Crippen molar-refractivity contribution in [1.29, 1.82) is 0 Å². The van der Waals surface area contributed by atoms with Crippen LogP contribution in [0.25, 0.3) is 22.6 Å². The molecular formula is C35H28N7O5S+. The van der Waals surface area contributed by atoms with Crippen molar-refractivity contribution in [2.45, 2.75) is 19.0 Å². The zero-order valence-corrected chi connectivity index (χ0v) is 26.4. The van der Waals surface area contributed by atoms with E-state index in [9.17, 15) is 14.4 Å². The summed E-state index contributed by atoms with van der Waals surface area (Å²) in [4.78, 5) is 47.9. The number of nitrogens with one attached hydrogen (secondary N) is 2. The van der Waals surface area contributed by atoms with E-state index in [-0.39, 0.29) is 29.9 Å². The molecule has 0 bridgehead atoms. The molecule has 0 aliphatic carbocycles. The van der Waals surface area contributed by atoms with E-state index in [4.69, 9.17) is 21.2 Å². The molecule has 2 N–H and O–H groups in total. The average molecular weight is 659 g/mol. The average Bonchev–Trinajstić information content (AvgIpc) is 3.76. The van der Waals surface area contributed by atoms with Crippen molar-refractivity contribution in [3.63, 3.8) is 0 Å². The fraction of sp³-hybridized carbons (Fsp3) is 0.114. The first-order chi connectivity index (χ1) is 23.4. The van der Waals surface area contributed by atoms with Crippen LogP contribution < -0.4 is 20.2 Å². The summed E-state index contributed by atoms with van der Waals surface area (Å²) < 4.78 is 12.8. The van der Waals surface area contributed by atoms with Crippen LogP contribution in [0.4, 0.5) is 17.3 Å². The number of fused-ring (bicyclic) bond motifs is 1. The Balaban J connectivity index is 1.11. The molecule has 1 unspecified atom stereocenters. The lowest BCUT2D eigenvalue weighted by Crippen LogP contribution is -2.43. The normalized spacial score (nSPS) is 14.5. The minimum Gasteiger partial charge on any atom is -0.436 e. The summed E-state index contributed by atoms with van der Waals surface area (Å²) in [5.41, 5.74) is 4.18. The maximum Gasteiger partial charge on any atom is 0.307 e. The van der Waals surface area contributed by atoms with Gasteiger partial charge in [0.1, 0.15) is 18.1 Å². The number of aromatic nitrogens is 3. The molecule has 3 heterocycles. The second-order valence-corrected chi connectivity index (χ2v) is 11.4. The second-order valence-electron chi connectivity index (χ2n) is 11.0. The van der Waals surface area contributed by atoms with Crippen molar-refractivity contribution in [3.8, 4) is 11.5 Å². The molecular weight excluding hydrogens is 630 g/mol. The third-order valence-electron chi connectivity index (χ3n) is 7.91. The Kier molecular flexibility index (Phi) is 8.17. The van der Waals surface area contributed by atoms with Crippen LogP contribution in [0, 0.1) is 0 Å². The van der Waals surface area contributed by atoms with Crippen molar-refractivity contribution in [2.75, 3.05) is 15.5 Å². The second kappa shape index (κ2) is 12.9. The largest absolute Gasteiger partial charge is 0.436 e. The lowest BCUT2D eigenvalue weighted by molar-refractivity contribution is -0.746. The molecule has 3 amide bonds. The highest BCUT2D eigenvalue weighted by atomic mass is 32.1. The maximum absolute atomic E-state index is 13.9. The first-order valence-corrected chi connectivity index (χ1v) is 15.4. The molecule has 2 aromatic heterocycles. The highest BCUT2D eigenvalue weighted by molar-refractivity contribution is 7.80. The van der Waals surface area contributed by atoms with Crippen LogP contribution in [0.5, 0.6) is 0 Å². The number of anilines is 3. The van der Waals surface area contributed by atoms with Gasteiger partial charge in [0.2, 0.25) is 17.1 Å². The van der Waals surface area contributed by atoms with Crippen molar-refractivity contribution in [2.24, 2.45) is 7.05 Å². The predicted molar refractivity (Wildman–Crippen MR) is 181 cm³/mol. The maximum atomic E-state index is 13.9. The van der Waals surface area contributed by atoms with Crippen LogP contribution in [-0.2, 0) is 23.2 Å². The van der Waals surface area contributed by atoms with Gasteiger partial charge in [-0.15, -0.1) is 0 Å². The number of rotatable bonds is 9. The Hall–Kier alpha value is -6.21. The van der Waals surface area contributed by atoms with Gasteiger partial charge in [0.15, 0.2) is 17.7 Å². The number of thiocarbonyl (C=S) groups is 1. The first-order valence-electron chi connectivity index (χ1n) is 15.0. The topological polar surface area (TPSA) is 138 Å². The number of carbonyl (C=O) groups is 3. The number of carbonyl (C=O) groups excluding carboxylic acids is 3. The Morgan fingerprint density at radius 3 is 2.31 bits per heavy atom. The summed E-state index contributed by atoms with van der Waals surface area (Å²) in [6.07, 6.45) is -0.199. The quantitative estimate of drug-likeness (QED) is 0.161. The molecule has 48 heavy (non-hydrogen) atoms. The smallest absolute Gasteiger partial charge is 0.307 e. The summed E-state index contributed by atoms with van der Waals surface area (Å²) >= 11 is 5.83. The Morgan fingerprint density at radius 2 is 1.58 bits per heavy atom. The lowest BCUT2D eigenvalue weighted by atomic mass is 10.1. The summed E-state index contributed by atoms with van der Waals surface area (Å²) in [7, 11) is 1.65. The van der Waals surface area contributed by atoms with Crippen LogP contribution in [0.3, 0.4) is 0 Å². The molecule has 12 nitrogen and oxygen atoms in total. The van der Waals surface area contributed by atoms with E-state index >= 15 is 0 Å². The Bertz CT molecular complexity index is 2120. The van der Waals surface area contributed by atoms with E-state index in [1.54, 1.807) is 84.7 Å². The third kappa shape index (κ3) is 6.01. The minimum atomic E-state index is -0.954. The molecule has 1 fully saturated rings. The van der Waals surface area contributed by atoms with Gasteiger partial charge >= 0.3 is 5.88 Å². The highest BCUT2D eigenvalue weighted by Crippen LogP contribution is 2.30. The van der Waals surface area contributed by atoms with E-state index in [1.165, 1.54) is 9.58 Å². The van der Waals surface area contributed by atoms with E-state index in [0.717, 1.165) is 11.1 Å². The van der Waals surface area contributed by atoms with Crippen molar-refractivity contribution < 1.29 is 28.0 Å². The number of amides is 3. The predicted octanol–water partition coefficient (Wildman–Crippen LogP) is 5.09. The van der Waals surface area contributed by atoms with Crippen molar-refractivity contribution >= 4 is 63.4 Å². The van der Waals surface area contributed by atoms with Gasteiger partial charge in [0, 0.05) is 16.8 Å². The van der Waals surface area contributed by atoms with Gasteiger partial charge in [-0.3, -0.25) is 29.1 Å². The SMILES string of the molecule is C[n+]1noc(NC(=O)c2ccccc2)c1CN1C(=S)N(c2ccccc2)C(=O)C1CC(=O)Nc1ccc(-c2nc3ccccc3o2)cc1. The molecule has 13 heteroatoms. The van der Waals surface area contributed by atoms with Gasteiger partial charge in [-0.25, -0.2) is 4.98 Å². The number of oxazole rings is 1. The number of nitrogens with zero attached hydrogens (tertiary/aromatic N) is 5. The van der Waals surface area contributed by atoms with Crippen LogP contribution in [-0.4, -0.2) is 44.0 Å². The minimum absolute atomic E-state index is 0.0233. The lowest BCUT2D eigenvalue weighted by Gasteiger charge is -2.22. The molecule has 238 valence electrons. The van der Waals surface area contributed by atoms with E-state index < -0.39 is 17.9 Å². The summed E-state index contributed by atoms with van der Waals surface area (Å²) in [5, 5.41) is 9.82. The van der Waals surface area contributed by atoms with Gasteiger partial charge in [-0.05, 0) is 77.6 Å². The third-order valence-corrected chi connectivity index (χ3v) is 8.33. The van der Waals surface area contributed by atoms with Gasteiger partial charge < -0.3 is 14.6 Å². The molecule has 1 aliphatic heterocycles. The molecule has 1 aliphatic rings. The standard InChI is InChI=1S/C35H27N7O5S/c1-40-28(33(47-39-40)38-31(44)22-10-4-2-5-11-22)21-41-27(34(45)42(35(41)48)25-12-6-3-7-13-25)20-30(43)36-24-18-16-23(17-19-24)32-37-26-14-8-9-15-29(26)46-32/h2-19,27H,20-21H2,1H3,(H-,36,37,38,39,43,44)/p+1. The van der Waals surface area contributed by atoms with Crippen molar-refractivity contribution in [3.05, 3.63) is 120 Å². The van der Waals surface area contributed by atoms with Gasteiger partial charge in [0.05, 0.1) is 12.1 Å². The first kappa shape index (κ1) is 30.4. The van der Waals surface area contributed by atoms with E-state index in [0.29, 0.717) is 34.1 Å². The number of hydrogen-bond acceptors (Lipinski definition) is 8. The number of hydrogen-bond donors (Lipinski definition) is 2. The van der Waals surface area contributed by atoms with Gasteiger partial charge in [-0.1, -0.05) is 48.5 Å². The van der Waals surface area contributed by atoms with Gasteiger partial charge in [-0.2, -0.15) is 0 Å². The Labute approximate surface area is 279 Å². The van der Waals surface area contributed by atoms with Crippen LogP contribution in [0.15, 0.2) is 118 Å². The highest BCUT2D eigenvalue weighted by Gasteiger charge is 2.46. The number of para-hydroxylation sites is 3. The molecule has 4 aromatic carbocycles.